The van der Waals surface area contributed by atoms with Gasteiger partial charge in [0.1, 0.15) is 0 Å². The topological polar surface area (TPSA) is 42.0 Å². The van der Waals surface area contributed by atoms with Crippen molar-refractivity contribution >= 4 is 27.5 Å². The third-order valence-corrected chi connectivity index (χ3v) is 4.69. The third kappa shape index (κ3) is 3.17. The molecule has 3 aromatic rings. The first-order valence-electron chi connectivity index (χ1n) is 7.33. The molecule has 112 valence electrons. The Morgan fingerprint density at radius 2 is 2.00 bits per heavy atom. The highest BCUT2D eigenvalue weighted by atomic mass is 32.1. The lowest BCUT2D eigenvalue weighted by molar-refractivity contribution is 0.0953. The summed E-state index contributed by atoms with van der Waals surface area (Å²) in [5, 5.41) is 4.04. The van der Waals surface area contributed by atoms with Crippen LogP contribution < -0.4 is 5.32 Å². The van der Waals surface area contributed by atoms with Crippen LogP contribution in [0.5, 0.6) is 0 Å². The lowest BCUT2D eigenvalue weighted by Gasteiger charge is -2.07. The Morgan fingerprint density at radius 1 is 1.18 bits per heavy atom. The lowest BCUT2D eigenvalue weighted by atomic mass is 10.1. The van der Waals surface area contributed by atoms with E-state index in [1.54, 1.807) is 11.3 Å². The number of aromatic nitrogens is 1. The van der Waals surface area contributed by atoms with E-state index in [0.717, 1.165) is 28.1 Å². The first kappa shape index (κ1) is 14.7. The molecule has 2 aromatic carbocycles. The fourth-order valence-electron chi connectivity index (χ4n) is 2.47. The van der Waals surface area contributed by atoms with Gasteiger partial charge in [0, 0.05) is 18.5 Å². The zero-order valence-corrected chi connectivity index (χ0v) is 13.5. The van der Waals surface area contributed by atoms with Crippen LogP contribution in [-0.4, -0.2) is 17.4 Å². The number of nitrogens with zero attached hydrogens (tertiary/aromatic N) is 1. The van der Waals surface area contributed by atoms with E-state index in [-0.39, 0.29) is 5.91 Å². The van der Waals surface area contributed by atoms with E-state index in [9.17, 15) is 4.79 Å². The molecule has 1 aromatic heterocycles. The summed E-state index contributed by atoms with van der Waals surface area (Å²) in [6.07, 6.45) is 0.760. The first-order chi connectivity index (χ1) is 10.6. The normalized spacial score (nSPS) is 10.8. The molecule has 0 aliphatic heterocycles. The van der Waals surface area contributed by atoms with Gasteiger partial charge in [0.15, 0.2) is 0 Å². The van der Waals surface area contributed by atoms with Crippen LogP contribution in [0.4, 0.5) is 0 Å². The van der Waals surface area contributed by atoms with Gasteiger partial charge in [-0.3, -0.25) is 4.79 Å². The smallest absolute Gasteiger partial charge is 0.251 e. The molecule has 3 rings (SSSR count). The average Bonchev–Trinajstić information content (AvgIpc) is 2.89. The Kier molecular flexibility index (Phi) is 4.20. The molecule has 1 heterocycles. The highest BCUT2D eigenvalue weighted by Crippen LogP contribution is 2.21. The molecule has 3 nitrogen and oxygen atoms in total. The Morgan fingerprint density at radius 3 is 2.77 bits per heavy atom. The zero-order valence-electron chi connectivity index (χ0n) is 12.7. The van der Waals surface area contributed by atoms with Crippen molar-refractivity contribution in [3.05, 3.63) is 64.2 Å². The van der Waals surface area contributed by atoms with E-state index in [2.05, 4.69) is 16.4 Å². The molecule has 1 N–H and O–H groups in total. The lowest BCUT2D eigenvalue weighted by Crippen LogP contribution is -2.26. The summed E-state index contributed by atoms with van der Waals surface area (Å²) in [7, 11) is 0. The fraction of sp³-hybridized carbons (Fsp3) is 0.222. The van der Waals surface area contributed by atoms with Crippen molar-refractivity contribution in [3.63, 3.8) is 0 Å². The molecule has 0 aliphatic rings. The quantitative estimate of drug-likeness (QED) is 0.794. The van der Waals surface area contributed by atoms with Gasteiger partial charge < -0.3 is 5.32 Å². The van der Waals surface area contributed by atoms with Crippen molar-refractivity contribution in [1.82, 2.24) is 10.3 Å². The van der Waals surface area contributed by atoms with E-state index in [4.69, 9.17) is 0 Å². The Hall–Kier alpha value is -2.20. The number of hydrogen-bond acceptors (Lipinski definition) is 3. The predicted octanol–water partition coefficient (Wildman–Crippen LogP) is 3.89. The minimum absolute atomic E-state index is 0.0152. The van der Waals surface area contributed by atoms with Crippen molar-refractivity contribution in [2.45, 2.75) is 20.3 Å². The van der Waals surface area contributed by atoms with Crippen LogP contribution >= 0.6 is 11.3 Å². The highest BCUT2D eigenvalue weighted by molar-refractivity contribution is 7.18. The molecule has 0 spiro atoms. The summed E-state index contributed by atoms with van der Waals surface area (Å²) in [6.45, 7) is 4.60. The van der Waals surface area contributed by atoms with E-state index in [1.165, 1.54) is 10.3 Å². The van der Waals surface area contributed by atoms with Gasteiger partial charge in [-0.2, -0.15) is 0 Å². The van der Waals surface area contributed by atoms with E-state index in [1.807, 2.05) is 50.2 Å². The third-order valence-electron chi connectivity index (χ3n) is 3.59. The maximum Gasteiger partial charge on any atom is 0.251 e. The molecule has 0 aliphatic carbocycles. The summed E-state index contributed by atoms with van der Waals surface area (Å²) in [5.41, 5.74) is 3.96. The predicted molar refractivity (Wildman–Crippen MR) is 91.6 cm³/mol. The number of rotatable bonds is 4. The number of amides is 1. The molecule has 22 heavy (non-hydrogen) atoms. The summed E-state index contributed by atoms with van der Waals surface area (Å²) >= 11 is 1.69. The van der Waals surface area contributed by atoms with Crippen molar-refractivity contribution < 1.29 is 4.79 Å². The number of carbonyl (C=O) groups is 1. The molecule has 0 radical (unpaired) electrons. The number of nitrogens with one attached hydrogen (secondary N) is 1. The van der Waals surface area contributed by atoms with Gasteiger partial charge in [0.25, 0.3) is 5.91 Å². The number of carbonyl (C=O) groups excluding carboxylic acids is 1. The van der Waals surface area contributed by atoms with Crippen molar-refractivity contribution in [2.75, 3.05) is 6.54 Å². The molecule has 0 bridgehead atoms. The summed E-state index contributed by atoms with van der Waals surface area (Å²) in [6, 6.07) is 14.0. The SMILES string of the molecule is Cc1ccc(C(=O)NCCc2nc3ccccc3s2)c(C)c1. The molecular formula is C18H18N2OS. The average molecular weight is 310 g/mol. The maximum atomic E-state index is 12.2. The molecule has 0 saturated carbocycles. The van der Waals surface area contributed by atoms with Gasteiger partial charge >= 0.3 is 0 Å². The summed E-state index contributed by atoms with van der Waals surface area (Å²) in [5.74, 6) is -0.0152. The maximum absolute atomic E-state index is 12.2. The van der Waals surface area contributed by atoms with E-state index < -0.39 is 0 Å². The van der Waals surface area contributed by atoms with Crippen LogP contribution in [0.25, 0.3) is 10.2 Å². The van der Waals surface area contributed by atoms with Crippen LogP contribution in [0, 0.1) is 13.8 Å². The van der Waals surface area contributed by atoms with Crippen LogP contribution in [0.2, 0.25) is 0 Å². The van der Waals surface area contributed by atoms with E-state index >= 15 is 0 Å². The second-order valence-electron chi connectivity index (χ2n) is 5.40. The number of fused-ring (bicyclic) bond motifs is 1. The Balaban J connectivity index is 1.61. The van der Waals surface area contributed by atoms with Crippen molar-refractivity contribution in [2.24, 2.45) is 0 Å². The summed E-state index contributed by atoms with van der Waals surface area (Å²) < 4.78 is 1.19. The fourth-order valence-corrected chi connectivity index (χ4v) is 3.44. The van der Waals surface area contributed by atoms with Crippen LogP contribution in [-0.2, 0) is 6.42 Å². The molecule has 1 amide bonds. The number of para-hydroxylation sites is 1. The van der Waals surface area contributed by atoms with Crippen molar-refractivity contribution in [1.29, 1.82) is 0 Å². The number of hydrogen-bond donors (Lipinski definition) is 1. The Bertz CT molecular complexity index is 790. The van der Waals surface area contributed by atoms with Crippen molar-refractivity contribution in [3.8, 4) is 0 Å². The highest BCUT2D eigenvalue weighted by Gasteiger charge is 2.09. The van der Waals surface area contributed by atoms with Gasteiger partial charge in [-0.05, 0) is 37.6 Å². The van der Waals surface area contributed by atoms with Crippen LogP contribution in [0.1, 0.15) is 26.5 Å². The van der Waals surface area contributed by atoms with Gasteiger partial charge in [-0.1, -0.05) is 29.8 Å². The molecule has 0 fully saturated rings. The monoisotopic (exact) mass is 310 g/mol. The molecule has 4 heteroatoms. The minimum Gasteiger partial charge on any atom is -0.352 e. The second kappa shape index (κ2) is 6.28. The van der Waals surface area contributed by atoms with Crippen LogP contribution in [0.3, 0.4) is 0 Å². The van der Waals surface area contributed by atoms with Gasteiger partial charge in [0.05, 0.1) is 15.2 Å². The van der Waals surface area contributed by atoms with Gasteiger partial charge in [-0.15, -0.1) is 11.3 Å². The minimum atomic E-state index is -0.0152. The van der Waals surface area contributed by atoms with Crippen LogP contribution in [0.15, 0.2) is 42.5 Å². The zero-order chi connectivity index (χ0) is 15.5. The summed E-state index contributed by atoms with van der Waals surface area (Å²) in [4.78, 5) is 16.8. The number of aryl methyl sites for hydroxylation is 2. The molecule has 0 atom stereocenters. The first-order valence-corrected chi connectivity index (χ1v) is 8.15. The van der Waals surface area contributed by atoms with E-state index in [0.29, 0.717) is 6.54 Å². The largest absolute Gasteiger partial charge is 0.352 e. The Labute approximate surface area is 134 Å². The second-order valence-corrected chi connectivity index (χ2v) is 6.51. The standard InChI is InChI=1S/C18H18N2OS/c1-12-7-8-14(13(2)11-12)18(21)19-10-9-17-20-15-5-3-4-6-16(15)22-17/h3-8,11H,9-10H2,1-2H3,(H,19,21). The number of thiazole rings is 1. The molecule has 0 saturated heterocycles. The van der Waals surface area contributed by atoms with Gasteiger partial charge in [0.2, 0.25) is 0 Å². The number of benzene rings is 2. The van der Waals surface area contributed by atoms with Gasteiger partial charge in [-0.25, -0.2) is 4.98 Å². The molecular weight excluding hydrogens is 292 g/mol. The molecule has 0 unspecified atom stereocenters.